The van der Waals surface area contributed by atoms with Gasteiger partial charge in [-0.1, -0.05) is 6.58 Å². The molecule has 0 aromatic rings. The number of rotatable bonds is 10. The third kappa shape index (κ3) is 6.74. The Morgan fingerprint density at radius 2 is 2.00 bits per heavy atom. The van der Waals surface area contributed by atoms with Crippen LogP contribution in [0, 0.1) is 0 Å². The Labute approximate surface area is 110 Å². The summed E-state index contributed by atoms with van der Waals surface area (Å²) in [4.78, 5) is 13.6. The van der Waals surface area contributed by atoms with E-state index in [1.807, 2.05) is 6.92 Å². The van der Waals surface area contributed by atoms with Crippen molar-refractivity contribution in [2.45, 2.75) is 19.9 Å². The number of esters is 1. The average Bonchev–Trinajstić information content (AvgIpc) is 2.34. The van der Waals surface area contributed by atoms with Gasteiger partial charge in [-0.05, 0) is 13.8 Å². The van der Waals surface area contributed by atoms with Crippen molar-refractivity contribution < 1.29 is 19.0 Å². The van der Waals surface area contributed by atoms with E-state index >= 15 is 0 Å². The van der Waals surface area contributed by atoms with Crippen LogP contribution < -0.4 is 0 Å². The zero-order valence-corrected chi connectivity index (χ0v) is 11.9. The van der Waals surface area contributed by atoms with Gasteiger partial charge in [-0.3, -0.25) is 4.90 Å². The first-order valence-electron chi connectivity index (χ1n) is 6.13. The van der Waals surface area contributed by atoms with Crippen LogP contribution in [0.5, 0.6) is 0 Å². The second-order valence-electron chi connectivity index (χ2n) is 4.09. The third-order valence-electron chi connectivity index (χ3n) is 2.57. The van der Waals surface area contributed by atoms with Crippen LogP contribution in [0.2, 0.25) is 0 Å². The summed E-state index contributed by atoms with van der Waals surface area (Å²) in [6, 6.07) is 0.191. The number of hydrogen-bond donors (Lipinski definition) is 0. The van der Waals surface area contributed by atoms with Crippen molar-refractivity contribution in [3.63, 3.8) is 0 Å². The highest BCUT2D eigenvalue weighted by molar-refractivity contribution is 5.88. The van der Waals surface area contributed by atoms with Crippen LogP contribution >= 0.6 is 0 Å². The van der Waals surface area contributed by atoms with E-state index in [1.165, 1.54) is 0 Å². The molecular formula is C13H25NO4. The molecule has 106 valence electrons. The summed E-state index contributed by atoms with van der Waals surface area (Å²) in [5.41, 5.74) is 0.455. The molecule has 5 nitrogen and oxygen atoms in total. The molecule has 0 aliphatic rings. The number of hydrogen-bond acceptors (Lipinski definition) is 5. The fourth-order valence-electron chi connectivity index (χ4n) is 1.55. The molecule has 0 saturated heterocycles. The van der Waals surface area contributed by atoms with Crippen LogP contribution in [-0.4, -0.2) is 64.0 Å². The molecule has 0 bridgehead atoms. The molecule has 0 amide bonds. The van der Waals surface area contributed by atoms with Crippen molar-refractivity contribution in [2.75, 3.05) is 47.1 Å². The number of nitrogens with zero attached hydrogens (tertiary/aromatic N) is 1. The highest BCUT2D eigenvalue weighted by Crippen LogP contribution is 2.05. The number of methoxy groups -OCH3 is 2. The van der Waals surface area contributed by atoms with Crippen molar-refractivity contribution in [3.05, 3.63) is 12.2 Å². The van der Waals surface area contributed by atoms with Gasteiger partial charge in [0.15, 0.2) is 0 Å². The zero-order chi connectivity index (χ0) is 14.0. The summed E-state index contributed by atoms with van der Waals surface area (Å²) in [7, 11) is 3.31. The first-order valence-corrected chi connectivity index (χ1v) is 6.13. The van der Waals surface area contributed by atoms with Crippen molar-refractivity contribution in [3.8, 4) is 0 Å². The SMILES string of the molecule is C=C(CN(CCOC)C(C)COC)C(=O)OCC. The van der Waals surface area contributed by atoms with E-state index in [-0.39, 0.29) is 12.0 Å². The monoisotopic (exact) mass is 259 g/mol. The molecule has 1 atom stereocenters. The topological polar surface area (TPSA) is 48.0 Å². The zero-order valence-electron chi connectivity index (χ0n) is 11.9. The Hall–Kier alpha value is -0.910. The van der Waals surface area contributed by atoms with Gasteiger partial charge in [0.25, 0.3) is 0 Å². The first-order chi connectivity index (χ1) is 8.56. The van der Waals surface area contributed by atoms with E-state index in [0.29, 0.717) is 31.9 Å². The van der Waals surface area contributed by atoms with Crippen molar-refractivity contribution in [1.29, 1.82) is 0 Å². The van der Waals surface area contributed by atoms with Gasteiger partial charge in [-0.25, -0.2) is 4.79 Å². The van der Waals surface area contributed by atoms with Crippen LogP contribution in [0.3, 0.4) is 0 Å². The molecule has 0 N–H and O–H groups in total. The second-order valence-corrected chi connectivity index (χ2v) is 4.09. The lowest BCUT2D eigenvalue weighted by Gasteiger charge is -2.28. The van der Waals surface area contributed by atoms with Crippen molar-refractivity contribution in [2.24, 2.45) is 0 Å². The summed E-state index contributed by atoms with van der Waals surface area (Å²) in [6.07, 6.45) is 0. The fourth-order valence-corrected chi connectivity index (χ4v) is 1.55. The van der Waals surface area contributed by atoms with Gasteiger partial charge in [0.05, 0.1) is 19.8 Å². The second kappa shape index (κ2) is 10.1. The van der Waals surface area contributed by atoms with Gasteiger partial charge < -0.3 is 14.2 Å². The molecular weight excluding hydrogens is 234 g/mol. The third-order valence-corrected chi connectivity index (χ3v) is 2.57. The summed E-state index contributed by atoms with van der Waals surface area (Å²) in [6.45, 7) is 10.3. The molecule has 0 rings (SSSR count). The molecule has 5 heteroatoms. The maximum absolute atomic E-state index is 11.5. The smallest absolute Gasteiger partial charge is 0.334 e. The first kappa shape index (κ1) is 17.1. The molecule has 1 unspecified atom stereocenters. The highest BCUT2D eigenvalue weighted by Gasteiger charge is 2.18. The summed E-state index contributed by atoms with van der Waals surface area (Å²) >= 11 is 0. The molecule has 0 aliphatic carbocycles. The predicted molar refractivity (Wildman–Crippen MR) is 70.6 cm³/mol. The lowest BCUT2D eigenvalue weighted by atomic mass is 10.2. The standard InChI is InChI=1S/C13H25NO4/c1-6-18-13(15)11(2)9-14(7-8-16-4)12(3)10-17-5/h12H,2,6-10H2,1,3-5H3. The van der Waals surface area contributed by atoms with E-state index < -0.39 is 0 Å². The van der Waals surface area contributed by atoms with E-state index in [2.05, 4.69) is 11.5 Å². The van der Waals surface area contributed by atoms with Gasteiger partial charge >= 0.3 is 5.97 Å². The van der Waals surface area contributed by atoms with Crippen molar-refractivity contribution >= 4 is 5.97 Å². The minimum atomic E-state index is -0.343. The average molecular weight is 259 g/mol. The molecule has 18 heavy (non-hydrogen) atoms. The Balaban J connectivity index is 4.37. The van der Waals surface area contributed by atoms with Crippen LogP contribution in [-0.2, 0) is 19.0 Å². The summed E-state index contributed by atoms with van der Waals surface area (Å²) in [5.74, 6) is -0.343. The number of carbonyl (C=O) groups is 1. The quantitative estimate of drug-likeness (QED) is 0.434. The maximum Gasteiger partial charge on any atom is 0.334 e. The van der Waals surface area contributed by atoms with Crippen molar-refractivity contribution in [1.82, 2.24) is 4.90 Å². The summed E-state index contributed by atoms with van der Waals surface area (Å²) in [5, 5.41) is 0. The molecule has 0 heterocycles. The maximum atomic E-state index is 11.5. The minimum Gasteiger partial charge on any atom is -0.463 e. The fraction of sp³-hybridized carbons (Fsp3) is 0.769. The van der Waals surface area contributed by atoms with E-state index in [4.69, 9.17) is 14.2 Å². The van der Waals surface area contributed by atoms with Crippen LogP contribution in [0.15, 0.2) is 12.2 Å². The predicted octanol–water partition coefficient (Wildman–Crippen LogP) is 1.09. The number of carbonyl (C=O) groups excluding carboxylic acids is 1. The molecule has 0 aliphatic heterocycles. The molecule has 0 saturated carbocycles. The highest BCUT2D eigenvalue weighted by atomic mass is 16.5. The van der Waals surface area contributed by atoms with Crippen LogP contribution in [0.1, 0.15) is 13.8 Å². The van der Waals surface area contributed by atoms with Crippen LogP contribution in [0.25, 0.3) is 0 Å². The molecule has 0 spiro atoms. The minimum absolute atomic E-state index is 0.191. The van der Waals surface area contributed by atoms with Gasteiger partial charge in [-0.2, -0.15) is 0 Å². The van der Waals surface area contributed by atoms with Gasteiger partial charge in [-0.15, -0.1) is 0 Å². The number of ether oxygens (including phenoxy) is 3. The Morgan fingerprint density at radius 3 is 2.50 bits per heavy atom. The lowest BCUT2D eigenvalue weighted by Crippen LogP contribution is -2.40. The van der Waals surface area contributed by atoms with Gasteiger partial charge in [0, 0.05) is 38.9 Å². The largest absolute Gasteiger partial charge is 0.463 e. The van der Waals surface area contributed by atoms with Gasteiger partial charge in [0.2, 0.25) is 0 Å². The molecule has 0 fully saturated rings. The Bertz CT molecular complexity index is 255. The Morgan fingerprint density at radius 1 is 1.33 bits per heavy atom. The Kier molecular flexibility index (Phi) is 9.55. The lowest BCUT2D eigenvalue weighted by molar-refractivity contribution is -0.138. The molecule has 0 radical (unpaired) electrons. The molecule has 0 aromatic heterocycles. The van der Waals surface area contributed by atoms with E-state index in [9.17, 15) is 4.79 Å². The summed E-state index contributed by atoms with van der Waals surface area (Å²) < 4.78 is 15.1. The van der Waals surface area contributed by atoms with Crippen LogP contribution in [0.4, 0.5) is 0 Å². The molecule has 0 aromatic carbocycles. The van der Waals surface area contributed by atoms with E-state index in [1.54, 1.807) is 21.1 Å². The van der Waals surface area contributed by atoms with E-state index in [0.717, 1.165) is 6.54 Å². The normalized spacial score (nSPS) is 12.5. The van der Waals surface area contributed by atoms with Gasteiger partial charge in [0.1, 0.15) is 0 Å².